The molecule has 172 valence electrons. The molecule has 9 heteroatoms. The molecule has 2 N–H and O–H groups in total. The fourth-order valence-electron chi connectivity index (χ4n) is 3.44. The predicted octanol–water partition coefficient (Wildman–Crippen LogP) is 3.07. The Morgan fingerprint density at radius 3 is 2.53 bits per heavy atom. The number of nitrogens with zero attached hydrogens (tertiary/aromatic N) is 2. The smallest absolute Gasteiger partial charge is 0.269 e. The number of non-ortho nitro benzene ring substituents is 1. The van der Waals surface area contributed by atoms with E-state index in [1.54, 1.807) is 26.4 Å². The number of guanidine groups is 1. The lowest BCUT2D eigenvalue weighted by Gasteiger charge is -2.16. The Kier molecular flexibility index (Phi) is 8.68. The van der Waals surface area contributed by atoms with E-state index in [0.717, 1.165) is 37.0 Å². The molecule has 0 saturated carbocycles. The second kappa shape index (κ2) is 11.9. The maximum absolute atomic E-state index is 10.8. The van der Waals surface area contributed by atoms with Crippen molar-refractivity contribution in [3.63, 3.8) is 0 Å². The first-order valence-corrected chi connectivity index (χ1v) is 10.7. The van der Waals surface area contributed by atoms with Crippen molar-refractivity contribution in [1.82, 2.24) is 10.6 Å². The molecule has 1 atom stereocenters. The third-order valence-electron chi connectivity index (χ3n) is 5.24. The summed E-state index contributed by atoms with van der Waals surface area (Å²) in [5, 5.41) is 17.5. The van der Waals surface area contributed by atoms with Crippen molar-refractivity contribution in [2.45, 2.75) is 31.9 Å². The summed E-state index contributed by atoms with van der Waals surface area (Å²) in [4.78, 5) is 15.1. The Labute approximate surface area is 187 Å². The molecule has 1 aliphatic heterocycles. The van der Waals surface area contributed by atoms with E-state index in [-0.39, 0.29) is 11.8 Å². The lowest BCUT2D eigenvalue weighted by Crippen LogP contribution is -2.41. The summed E-state index contributed by atoms with van der Waals surface area (Å²) in [5.74, 6) is 2.08. The second-order valence-corrected chi connectivity index (χ2v) is 7.47. The number of nitro groups is 1. The maximum atomic E-state index is 10.8. The number of aliphatic imine (C=N–C) groups is 1. The van der Waals surface area contributed by atoms with Crippen molar-refractivity contribution >= 4 is 11.6 Å². The summed E-state index contributed by atoms with van der Waals surface area (Å²) in [5.41, 5.74) is 2.08. The molecule has 2 aromatic rings. The summed E-state index contributed by atoms with van der Waals surface area (Å²) in [6.07, 6.45) is 3.08. The first kappa shape index (κ1) is 23.3. The van der Waals surface area contributed by atoms with Crippen LogP contribution in [0.4, 0.5) is 5.69 Å². The van der Waals surface area contributed by atoms with Gasteiger partial charge in [-0.15, -0.1) is 0 Å². The molecule has 0 aliphatic carbocycles. The SMILES string of the molecule is COc1ccc(CCNC(=NCc2ccc([N+](=O)[O-])cc2)NCC2CCCO2)cc1OC. The monoisotopic (exact) mass is 442 g/mol. The highest BCUT2D eigenvalue weighted by Crippen LogP contribution is 2.27. The topological polar surface area (TPSA) is 107 Å². The van der Waals surface area contributed by atoms with Crippen LogP contribution in [-0.2, 0) is 17.7 Å². The molecule has 32 heavy (non-hydrogen) atoms. The molecule has 0 amide bonds. The fraction of sp³-hybridized carbons (Fsp3) is 0.435. The summed E-state index contributed by atoms with van der Waals surface area (Å²) in [7, 11) is 3.24. The van der Waals surface area contributed by atoms with Crippen LogP contribution in [0, 0.1) is 10.1 Å². The number of nitrogens with one attached hydrogen (secondary N) is 2. The molecule has 1 unspecified atom stereocenters. The zero-order chi connectivity index (χ0) is 22.8. The van der Waals surface area contributed by atoms with Crippen molar-refractivity contribution in [2.75, 3.05) is 33.9 Å². The molecule has 0 aromatic heterocycles. The Morgan fingerprint density at radius 2 is 1.88 bits per heavy atom. The molecule has 1 fully saturated rings. The van der Waals surface area contributed by atoms with Crippen molar-refractivity contribution < 1.29 is 19.1 Å². The fourth-order valence-corrected chi connectivity index (χ4v) is 3.44. The van der Waals surface area contributed by atoms with Crippen molar-refractivity contribution in [2.24, 2.45) is 4.99 Å². The predicted molar refractivity (Wildman–Crippen MR) is 122 cm³/mol. The minimum absolute atomic E-state index is 0.0718. The highest BCUT2D eigenvalue weighted by atomic mass is 16.6. The molecule has 3 rings (SSSR count). The molecule has 1 heterocycles. The highest BCUT2D eigenvalue weighted by Gasteiger charge is 2.15. The zero-order valence-corrected chi connectivity index (χ0v) is 18.5. The van der Waals surface area contributed by atoms with Gasteiger partial charge in [-0.25, -0.2) is 4.99 Å². The first-order valence-electron chi connectivity index (χ1n) is 10.7. The number of rotatable bonds is 10. The van der Waals surface area contributed by atoms with Gasteiger partial charge in [0.25, 0.3) is 5.69 Å². The van der Waals surface area contributed by atoms with Gasteiger partial charge in [0, 0.05) is 31.8 Å². The largest absolute Gasteiger partial charge is 0.493 e. The minimum atomic E-state index is -0.405. The molecule has 0 radical (unpaired) electrons. The molecule has 1 aliphatic rings. The van der Waals surface area contributed by atoms with Crippen LogP contribution in [0.3, 0.4) is 0 Å². The lowest BCUT2D eigenvalue weighted by atomic mass is 10.1. The van der Waals surface area contributed by atoms with Crippen LogP contribution in [0.15, 0.2) is 47.5 Å². The average Bonchev–Trinajstić information content (AvgIpc) is 3.34. The molecule has 1 saturated heterocycles. The Morgan fingerprint density at radius 1 is 1.12 bits per heavy atom. The average molecular weight is 443 g/mol. The van der Waals surface area contributed by atoms with E-state index in [1.807, 2.05) is 18.2 Å². The van der Waals surface area contributed by atoms with E-state index in [9.17, 15) is 10.1 Å². The lowest BCUT2D eigenvalue weighted by molar-refractivity contribution is -0.384. The second-order valence-electron chi connectivity index (χ2n) is 7.47. The number of hydrogen-bond acceptors (Lipinski definition) is 6. The Bertz CT molecular complexity index is 911. The van der Waals surface area contributed by atoms with Crippen molar-refractivity contribution in [3.05, 3.63) is 63.7 Å². The number of hydrogen-bond donors (Lipinski definition) is 2. The normalized spacial score (nSPS) is 15.9. The highest BCUT2D eigenvalue weighted by molar-refractivity contribution is 5.79. The maximum Gasteiger partial charge on any atom is 0.269 e. The van der Waals surface area contributed by atoms with Crippen LogP contribution < -0.4 is 20.1 Å². The number of ether oxygens (including phenoxy) is 3. The molecule has 2 aromatic carbocycles. The van der Waals surface area contributed by atoms with E-state index >= 15 is 0 Å². The Balaban J connectivity index is 1.60. The first-order chi connectivity index (χ1) is 15.6. The summed E-state index contributed by atoms with van der Waals surface area (Å²) in [6, 6.07) is 12.3. The van der Waals surface area contributed by atoms with Gasteiger partial charge in [0.2, 0.25) is 0 Å². The van der Waals surface area contributed by atoms with E-state index in [4.69, 9.17) is 14.2 Å². The van der Waals surface area contributed by atoms with Gasteiger partial charge in [0.1, 0.15) is 0 Å². The Hall–Kier alpha value is -3.33. The van der Waals surface area contributed by atoms with Crippen LogP contribution in [0.2, 0.25) is 0 Å². The number of nitro benzene ring substituents is 1. The third-order valence-corrected chi connectivity index (χ3v) is 5.24. The van der Waals surface area contributed by atoms with Crippen molar-refractivity contribution in [1.29, 1.82) is 0 Å². The van der Waals surface area contributed by atoms with Gasteiger partial charge in [-0.05, 0) is 42.5 Å². The summed E-state index contributed by atoms with van der Waals surface area (Å²) < 4.78 is 16.4. The summed E-state index contributed by atoms with van der Waals surface area (Å²) >= 11 is 0. The van der Waals surface area contributed by atoms with Gasteiger partial charge < -0.3 is 24.8 Å². The van der Waals surface area contributed by atoms with Crippen LogP contribution in [0.25, 0.3) is 0 Å². The van der Waals surface area contributed by atoms with Crippen LogP contribution in [0.1, 0.15) is 24.0 Å². The zero-order valence-electron chi connectivity index (χ0n) is 18.5. The standard InChI is InChI=1S/C23H30N4O5/c1-30-21-10-7-17(14-22(21)31-2)11-12-24-23(26-16-20-4-3-13-32-20)25-15-18-5-8-19(9-6-18)27(28)29/h5-10,14,20H,3-4,11-13,15-16H2,1-2H3,(H2,24,25,26). The molecule has 0 bridgehead atoms. The van der Waals surface area contributed by atoms with Gasteiger partial charge >= 0.3 is 0 Å². The quantitative estimate of drug-likeness (QED) is 0.252. The van der Waals surface area contributed by atoms with Gasteiger partial charge in [-0.2, -0.15) is 0 Å². The number of benzene rings is 2. The number of methoxy groups -OCH3 is 2. The molecular weight excluding hydrogens is 412 g/mol. The van der Waals surface area contributed by atoms with Crippen LogP contribution >= 0.6 is 0 Å². The summed E-state index contributed by atoms with van der Waals surface area (Å²) in [6.45, 7) is 2.57. The molecule has 0 spiro atoms. The molecular formula is C23H30N4O5. The van der Waals surface area contributed by atoms with E-state index in [2.05, 4.69) is 15.6 Å². The molecule has 9 nitrogen and oxygen atoms in total. The van der Waals surface area contributed by atoms with Gasteiger partial charge in [-0.1, -0.05) is 18.2 Å². The van der Waals surface area contributed by atoms with E-state index in [0.29, 0.717) is 37.1 Å². The van der Waals surface area contributed by atoms with Crippen LogP contribution in [0.5, 0.6) is 11.5 Å². The van der Waals surface area contributed by atoms with Crippen molar-refractivity contribution in [3.8, 4) is 11.5 Å². The van der Waals surface area contributed by atoms with Gasteiger partial charge in [0.05, 0.1) is 31.8 Å². The van der Waals surface area contributed by atoms with E-state index < -0.39 is 4.92 Å². The minimum Gasteiger partial charge on any atom is -0.493 e. The van der Waals surface area contributed by atoms with Gasteiger partial charge in [0.15, 0.2) is 17.5 Å². The third kappa shape index (κ3) is 6.84. The van der Waals surface area contributed by atoms with Gasteiger partial charge in [-0.3, -0.25) is 10.1 Å². The van der Waals surface area contributed by atoms with Crippen LogP contribution in [-0.4, -0.2) is 50.9 Å². The van der Waals surface area contributed by atoms with E-state index in [1.165, 1.54) is 12.1 Å².